The highest BCUT2D eigenvalue weighted by molar-refractivity contribution is 6.31. The number of benzene rings is 1. The highest BCUT2D eigenvalue weighted by Gasteiger charge is 2.32. The molecule has 0 saturated heterocycles. The van der Waals surface area contributed by atoms with Gasteiger partial charge in [0.2, 0.25) is 5.91 Å². The van der Waals surface area contributed by atoms with E-state index >= 15 is 0 Å². The standard InChI is InChI=1S/C19H24ClN3O3/c1-5-25-16-7-13(15(20)9-17(16)26-6-2)12-8-18(24)22-19-14(12)10-21-23(19)11(3)4/h7,9-12H,5-6,8H2,1-4H3,(H,22,24). The van der Waals surface area contributed by atoms with Crippen LogP contribution in [0.1, 0.15) is 57.2 Å². The Hall–Kier alpha value is -2.21. The predicted molar refractivity (Wildman–Crippen MR) is 101 cm³/mol. The second-order valence-electron chi connectivity index (χ2n) is 6.48. The van der Waals surface area contributed by atoms with E-state index in [9.17, 15) is 4.79 Å². The molecule has 1 aliphatic rings. The Labute approximate surface area is 158 Å². The summed E-state index contributed by atoms with van der Waals surface area (Å²) >= 11 is 6.56. The Morgan fingerprint density at radius 2 is 1.88 bits per heavy atom. The molecule has 1 aromatic heterocycles. The van der Waals surface area contributed by atoms with Crippen LogP contribution >= 0.6 is 11.6 Å². The molecule has 1 N–H and O–H groups in total. The molecule has 0 saturated carbocycles. The van der Waals surface area contributed by atoms with Crippen LogP contribution in [0.2, 0.25) is 5.02 Å². The van der Waals surface area contributed by atoms with Crippen LogP contribution in [0.25, 0.3) is 0 Å². The number of rotatable bonds is 6. The Kier molecular flexibility index (Phi) is 5.41. The fourth-order valence-corrected chi connectivity index (χ4v) is 3.55. The van der Waals surface area contributed by atoms with E-state index in [1.54, 1.807) is 6.07 Å². The van der Waals surface area contributed by atoms with Gasteiger partial charge in [0.15, 0.2) is 11.5 Å². The number of anilines is 1. The molecule has 0 aliphatic carbocycles. The lowest BCUT2D eigenvalue weighted by Crippen LogP contribution is -2.25. The first-order chi connectivity index (χ1) is 12.5. The van der Waals surface area contributed by atoms with E-state index in [0.29, 0.717) is 36.2 Å². The summed E-state index contributed by atoms with van der Waals surface area (Å²) in [6.45, 7) is 8.92. The highest BCUT2D eigenvalue weighted by Crippen LogP contribution is 2.44. The zero-order valence-electron chi connectivity index (χ0n) is 15.5. The maximum atomic E-state index is 12.3. The molecule has 2 heterocycles. The number of hydrogen-bond acceptors (Lipinski definition) is 4. The predicted octanol–water partition coefficient (Wildman–Crippen LogP) is 4.39. The molecular weight excluding hydrogens is 354 g/mol. The molecule has 0 radical (unpaired) electrons. The lowest BCUT2D eigenvalue weighted by Gasteiger charge is -2.26. The summed E-state index contributed by atoms with van der Waals surface area (Å²) in [7, 11) is 0. The minimum absolute atomic E-state index is 0.0483. The number of amides is 1. The molecule has 6 nitrogen and oxygen atoms in total. The van der Waals surface area contributed by atoms with Gasteiger partial charge in [0.05, 0.1) is 19.4 Å². The van der Waals surface area contributed by atoms with E-state index in [1.807, 2.05) is 44.6 Å². The number of aromatic nitrogens is 2. The van der Waals surface area contributed by atoms with Crippen molar-refractivity contribution in [3.63, 3.8) is 0 Å². The lowest BCUT2D eigenvalue weighted by molar-refractivity contribution is -0.116. The topological polar surface area (TPSA) is 65.4 Å². The second-order valence-corrected chi connectivity index (χ2v) is 6.89. The average Bonchev–Trinajstić information content (AvgIpc) is 3.01. The summed E-state index contributed by atoms with van der Waals surface area (Å²) < 4.78 is 13.2. The highest BCUT2D eigenvalue weighted by atomic mass is 35.5. The Bertz CT molecular complexity index is 817. The SMILES string of the molecule is CCOc1cc(Cl)c(C2CC(=O)Nc3c2cnn3C(C)C)cc1OCC. The lowest BCUT2D eigenvalue weighted by atomic mass is 9.87. The summed E-state index contributed by atoms with van der Waals surface area (Å²) in [5, 5.41) is 7.94. The van der Waals surface area contributed by atoms with Gasteiger partial charge in [0, 0.05) is 35.0 Å². The normalized spacial score (nSPS) is 16.4. The summed E-state index contributed by atoms with van der Waals surface area (Å²) in [5.41, 5.74) is 1.81. The number of carbonyl (C=O) groups excluding carboxylic acids is 1. The molecule has 0 bridgehead atoms. The summed E-state index contributed by atoms with van der Waals surface area (Å²) in [4.78, 5) is 12.3. The number of hydrogen-bond donors (Lipinski definition) is 1. The van der Waals surface area contributed by atoms with Crippen LogP contribution < -0.4 is 14.8 Å². The van der Waals surface area contributed by atoms with Crippen LogP contribution in [0.15, 0.2) is 18.3 Å². The van der Waals surface area contributed by atoms with Gasteiger partial charge in [0.1, 0.15) is 5.82 Å². The monoisotopic (exact) mass is 377 g/mol. The molecule has 0 fully saturated rings. The zero-order chi connectivity index (χ0) is 18.8. The Morgan fingerprint density at radius 1 is 1.23 bits per heavy atom. The van der Waals surface area contributed by atoms with Gasteiger partial charge < -0.3 is 14.8 Å². The smallest absolute Gasteiger partial charge is 0.226 e. The van der Waals surface area contributed by atoms with Crippen molar-refractivity contribution in [3.05, 3.63) is 34.5 Å². The van der Waals surface area contributed by atoms with Crippen molar-refractivity contribution in [1.29, 1.82) is 0 Å². The second kappa shape index (κ2) is 7.58. The first-order valence-electron chi connectivity index (χ1n) is 8.92. The molecule has 1 unspecified atom stereocenters. The van der Waals surface area contributed by atoms with Crippen LogP contribution in [-0.2, 0) is 4.79 Å². The Balaban J connectivity index is 2.09. The molecule has 7 heteroatoms. The van der Waals surface area contributed by atoms with Gasteiger partial charge in [-0.25, -0.2) is 4.68 Å². The molecule has 26 heavy (non-hydrogen) atoms. The summed E-state index contributed by atoms with van der Waals surface area (Å²) in [6.07, 6.45) is 2.13. The van der Waals surface area contributed by atoms with E-state index in [1.165, 1.54) is 0 Å². The third kappa shape index (κ3) is 3.38. The molecule has 0 spiro atoms. The van der Waals surface area contributed by atoms with Gasteiger partial charge in [-0.1, -0.05) is 11.6 Å². The Morgan fingerprint density at radius 3 is 2.50 bits per heavy atom. The van der Waals surface area contributed by atoms with E-state index in [0.717, 1.165) is 16.9 Å². The number of carbonyl (C=O) groups is 1. The van der Waals surface area contributed by atoms with Gasteiger partial charge in [-0.2, -0.15) is 5.10 Å². The molecule has 1 amide bonds. The third-order valence-corrected chi connectivity index (χ3v) is 4.70. The average molecular weight is 378 g/mol. The van der Waals surface area contributed by atoms with Crippen LogP contribution in [0, 0.1) is 0 Å². The van der Waals surface area contributed by atoms with Gasteiger partial charge in [-0.3, -0.25) is 4.79 Å². The first kappa shape index (κ1) is 18.6. The molecule has 140 valence electrons. The van der Waals surface area contributed by atoms with Gasteiger partial charge >= 0.3 is 0 Å². The van der Waals surface area contributed by atoms with E-state index < -0.39 is 0 Å². The van der Waals surface area contributed by atoms with Crippen molar-refractivity contribution in [1.82, 2.24) is 9.78 Å². The van der Waals surface area contributed by atoms with Crippen LogP contribution in [0.3, 0.4) is 0 Å². The van der Waals surface area contributed by atoms with Crippen LogP contribution in [0.4, 0.5) is 5.82 Å². The maximum absolute atomic E-state index is 12.3. The third-order valence-electron chi connectivity index (χ3n) is 4.37. The molecule has 3 rings (SSSR count). The van der Waals surface area contributed by atoms with Gasteiger partial charge in [-0.15, -0.1) is 0 Å². The van der Waals surface area contributed by atoms with E-state index in [4.69, 9.17) is 21.1 Å². The maximum Gasteiger partial charge on any atom is 0.226 e. The number of nitrogens with one attached hydrogen (secondary N) is 1. The van der Waals surface area contributed by atoms with Crippen molar-refractivity contribution in [2.45, 2.75) is 46.1 Å². The molecule has 2 aromatic rings. The minimum atomic E-state index is -0.173. The van der Waals surface area contributed by atoms with Gasteiger partial charge in [0.25, 0.3) is 0 Å². The van der Waals surface area contributed by atoms with Crippen LogP contribution in [0.5, 0.6) is 11.5 Å². The number of halogens is 1. The van der Waals surface area contributed by atoms with Crippen molar-refractivity contribution in [2.24, 2.45) is 0 Å². The molecule has 1 atom stereocenters. The van der Waals surface area contributed by atoms with Crippen molar-refractivity contribution in [2.75, 3.05) is 18.5 Å². The summed E-state index contributed by atoms with van der Waals surface area (Å²) in [6, 6.07) is 3.80. The van der Waals surface area contributed by atoms with Crippen molar-refractivity contribution >= 4 is 23.3 Å². The summed E-state index contributed by atoms with van der Waals surface area (Å²) in [5.74, 6) is 1.77. The number of nitrogens with zero attached hydrogens (tertiary/aromatic N) is 2. The minimum Gasteiger partial charge on any atom is -0.490 e. The fraction of sp³-hybridized carbons (Fsp3) is 0.474. The molecule has 1 aliphatic heterocycles. The van der Waals surface area contributed by atoms with Crippen molar-refractivity contribution < 1.29 is 14.3 Å². The van der Waals surface area contributed by atoms with E-state index in [2.05, 4.69) is 10.4 Å². The van der Waals surface area contributed by atoms with Crippen molar-refractivity contribution in [3.8, 4) is 11.5 Å². The van der Waals surface area contributed by atoms with Gasteiger partial charge in [-0.05, 0) is 39.3 Å². The molecule has 1 aromatic carbocycles. The number of ether oxygens (including phenoxy) is 2. The largest absolute Gasteiger partial charge is 0.490 e. The fourth-order valence-electron chi connectivity index (χ4n) is 3.26. The quantitative estimate of drug-likeness (QED) is 0.810. The molecular formula is C19H24ClN3O3. The first-order valence-corrected chi connectivity index (χ1v) is 9.30. The number of fused-ring (bicyclic) bond motifs is 1. The van der Waals surface area contributed by atoms with Crippen LogP contribution in [-0.4, -0.2) is 28.9 Å². The zero-order valence-corrected chi connectivity index (χ0v) is 16.3. The van der Waals surface area contributed by atoms with E-state index in [-0.39, 0.29) is 17.9 Å².